The minimum Gasteiger partial charge on any atom is -0.493 e. The van der Waals surface area contributed by atoms with E-state index >= 15 is 0 Å². The number of nitrogens with zero attached hydrogens (tertiary/aromatic N) is 4. The van der Waals surface area contributed by atoms with Crippen molar-refractivity contribution in [1.82, 2.24) is 14.5 Å². The number of hydrogen-bond donors (Lipinski definition) is 0. The zero-order valence-corrected chi connectivity index (χ0v) is 23.4. The summed E-state index contributed by atoms with van der Waals surface area (Å²) in [7, 11) is 3.21. The summed E-state index contributed by atoms with van der Waals surface area (Å²) in [4.78, 5) is 35.4. The number of aromatic nitrogens is 2. The molecule has 204 valence electrons. The molecule has 4 rings (SSSR count). The van der Waals surface area contributed by atoms with Crippen LogP contribution in [0.15, 0.2) is 46.3 Å². The summed E-state index contributed by atoms with van der Waals surface area (Å²) in [6.45, 7) is 8.55. The molecule has 0 atom stereocenters. The van der Waals surface area contributed by atoms with E-state index in [1.54, 1.807) is 23.7 Å². The maximum Gasteiger partial charge on any atom is 0.262 e. The van der Waals surface area contributed by atoms with Crippen molar-refractivity contribution in [2.75, 3.05) is 64.3 Å². The van der Waals surface area contributed by atoms with Crippen LogP contribution in [0.3, 0.4) is 0 Å². The highest BCUT2D eigenvalue weighted by molar-refractivity contribution is 7.99. The van der Waals surface area contributed by atoms with Gasteiger partial charge in [-0.15, -0.1) is 0 Å². The Hall–Kier alpha value is -3.24. The van der Waals surface area contributed by atoms with Crippen LogP contribution in [0.25, 0.3) is 10.9 Å². The smallest absolute Gasteiger partial charge is 0.262 e. The molecule has 0 spiro atoms. The topological polar surface area (TPSA) is 86.1 Å². The van der Waals surface area contributed by atoms with Crippen LogP contribution in [0.4, 0.5) is 5.69 Å². The molecule has 0 radical (unpaired) electrons. The van der Waals surface area contributed by atoms with Crippen molar-refractivity contribution >= 4 is 34.3 Å². The molecule has 1 amide bonds. The Bertz CT molecular complexity index is 1320. The molecule has 9 nitrogen and oxygen atoms in total. The minimum atomic E-state index is -0.108. The van der Waals surface area contributed by atoms with Crippen LogP contribution < -0.4 is 19.9 Å². The van der Waals surface area contributed by atoms with Crippen molar-refractivity contribution in [3.63, 3.8) is 0 Å². The molecular formula is C28H36N4O5S. The van der Waals surface area contributed by atoms with Crippen LogP contribution in [-0.2, 0) is 22.5 Å². The highest BCUT2D eigenvalue weighted by atomic mass is 32.2. The van der Waals surface area contributed by atoms with Crippen LogP contribution in [0.1, 0.15) is 19.4 Å². The summed E-state index contributed by atoms with van der Waals surface area (Å²) < 4.78 is 18.0. The van der Waals surface area contributed by atoms with Gasteiger partial charge in [-0.05, 0) is 56.2 Å². The third-order valence-corrected chi connectivity index (χ3v) is 7.75. The van der Waals surface area contributed by atoms with Gasteiger partial charge in [0, 0.05) is 38.4 Å². The molecule has 1 aliphatic heterocycles. The van der Waals surface area contributed by atoms with Crippen molar-refractivity contribution in [2.45, 2.75) is 32.0 Å². The molecule has 0 saturated carbocycles. The summed E-state index contributed by atoms with van der Waals surface area (Å²) in [6.07, 6.45) is 0.591. The number of aryl methyl sites for hydroxylation is 1. The first-order chi connectivity index (χ1) is 18.5. The lowest BCUT2D eigenvalue weighted by Gasteiger charge is -2.29. The van der Waals surface area contributed by atoms with Crippen LogP contribution in [0.2, 0.25) is 0 Å². The number of thioether (sulfide) groups is 1. The van der Waals surface area contributed by atoms with E-state index in [1.165, 1.54) is 11.8 Å². The molecule has 1 saturated heterocycles. The molecule has 2 heterocycles. The monoisotopic (exact) mass is 540 g/mol. The van der Waals surface area contributed by atoms with Gasteiger partial charge in [0.1, 0.15) is 0 Å². The number of rotatable bonds is 11. The minimum absolute atomic E-state index is 0.0310. The van der Waals surface area contributed by atoms with Crippen LogP contribution >= 0.6 is 11.8 Å². The number of amides is 1. The fraction of sp³-hybridized carbons (Fsp3) is 0.464. The van der Waals surface area contributed by atoms with E-state index < -0.39 is 0 Å². The molecule has 10 heteroatoms. The molecule has 0 unspecified atom stereocenters. The largest absolute Gasteiger partial charge is 0.493 e. The zero-order chi connectivity index (χ0) is 27.1. The predicted octanol–water partition coefficient (Wildman–Crippen LogP) is 3.45. The molecule has 0 bridgehead atoms. The van der Waals surface area contributed by atoms with Crippen molar-refractivity contribution in [1.29, 1.82) is 0 Å². The Kier molecular flexibility index (Phi) is 9.52. The lowest BCUT2D eigenvalue weighted by Crippen LogP contribution is -2.36. The van der Waals surface area contributed by atoms with E-state index in [4.69, 9.17) is 19.2 Å². The molecule has 38 heavy (non-hydrogen) atoms. The lowest BCUT2D eigenvalue weighted by molar-refractivity contribution is -0.127. The number of fused-ring (bicyclic) bond motifs is 1. The third kappa shape index (κ3) is 6.24. The van der Waals surface area contributed by atoms with Gasteiger partial charge in [0.05, 0.1) is 44.1 Å². The van der Waals surface area contributed by atoms with Crippen molar-refractivity contribution in [3.8, 4) is 11.5 Å². The normalized spacial score (nSPS) is 13.5. The van der Waals surface area contributed by atoms with Gasteiger partial charge in [0.15, 0.2) is 16.7 Å². The van der Waals surface area contributed by atoms with Gasteiger partial charge < -0.3 is 24.0 Å². The maximum atomic E-state index is 13.8. The average Bonchev–Trinajstić information content (AvgIpc) is 2.96. The second-order valence-corrected chi connectivity index (χ2v) is 9.89. The van der Waals surface area contributed by atoms with E-state index in [-0.39, 0.29) is 17.2 Å². The molecule has 0 N–H and O–H groups in total. The highest BCUT2D eigenvalue weighted by Crippen LogP contribution is 2.28. The summed E-state index contributed by atoms with van der Waals surface area (Å²) in [5, 5.41) is 1.11. The van der Waals surface area contributed by atoms with Gasteiger partial charge in [0.25, 0.3) is 5.56 Å². The van der Waals surface area contributed by atoms with Gasteiger partial charge in [-0.2, -0.15) is 0 Å². The Balaban J connectivity index is 1.68. The zero-order valence-electron chi connectivity index (χ0n) is 22.6. The number of benzene rings is 2. The average molecular weight is 541 g/mol. The molecule has 1 fully saturated rings. The van der Waals surface area contributed by atoms with Crippen LogP contribution in [0, 0.1) is 0 Å². The Morgan fingerprint density at radius 1 is 1.05 bits per heavy atom. The third-order valence-electron chi connectivity index (χ3n) is 6.79. The van der Waals surface area contributed by atoms with Gasteiger partial charge in [-0.3, -0.25) is 14.2 Å². The lowest BCUT2D eigenvalue weighted by atomic mass is 10.1. The number of hydrogen-bond acceptors (Lipinski definition) is 8. The Morgan fingerprint density at radius 2 is 1.79 bits per heavy atom. The van der Waals surface area contributed by atoms with Crippen molar-refractivity contribution in [3.05, 3.63) is 52.3 Å². The quantitative estimate of drug-likeness (QED) is 0.270. The molecule has 3 aromatic rings. The first kappa shape index (κ1) is 27.8. The number of ether oxygens (including phenoxy) is 3. The fourth-order valence-electron chi connectivity index (χ4n) is 4.59. The molecule has 0 aliphatic carbocycles. The molecule has 1 aromatic heterocycles. The summed E-state index contributed by atoms with van der Waals surface area (Å²) in [5.74, 6) is 1.55. The van der Waals surface area contributed by atoms with Crippen LogP contribution in [0.5, 0.6) is 11.5 Å². The summed E-state index contributed by atoms with van der Waals surface area (Å²) in [5.41, 5.74) is 2.52. The van der Waals surface area contributed by atoms with Crippen molar-refractivity contribution < 1.29 is 19.0 Å². The number of carbonyl (C=O) groups is 1. The van der Waals surface area contributed by atoms with E-state index in [0.717, 1.165) is 24.3 Å². The Morgan fingerprint density at radius 3 is 2.47 bits per heavy atom. The highest BCUT2D eigenvalue weighted by Gasteiger charge is 2.18. The van der Waals surface area contributed by atoms with Gasteiger partial charge >= 0.3 is 0 Å². The second-order valence-electron chi connectivity index (χ2n) is 8.95. The molecule has 1 aliphatic rings. The Labute approximate surface area is 227 Å². The number of anilines is 1. The van der Waals surface area contributed by atoms with Crippen LogP contribution in [-0.4, -0.2) is 79.7 Å². The maximum absolute atomic E-state index is 13.8. The SMILES string of the molecule is CCN(CC)C(=O)CSc1nc2ccc(N3CCOCC3)cc2c(=O)n1CCc1ccc(OC)c(OC)c1. The van der Waals surface area contributed by atoms with Gasteiger partial charge in [0.2, 0.25) is 5.91 Å². The number of carbonyl (C=O) groups excluding carboxylic acids is 1. The van der Waals surface area contributed by atoms with E-state index in [0.29, 0.717) is 66.8 Å². The fourth-order valence-corrected chi connectivity index (χ4v) is 5.51. The summed E-state index contributed by atoms with van der Waals surface area (Å²) >= 11 is 1.31. The molecule has 2 aromatic carbocycles. The van der Waals surface area contributed by atoms with Gasteiger partial charge in [-0.1, -0.05) is 17.8 Å². The number of methoxy groups -OCH3 is 2. The van der Waals surface area contributed by atoms with E-state index in [1.807, 2.05) is 50.2 Å². The molecular weight excluding hydrogens is 504 g/mol. The van der Waals surface area contributed by atoms with Gasteiger partial charge in [-0.25, -0.2) is 4.98 Å². The first-order valence-electron chi connectivity index (χ1n) is 13.0. The van der Waals surface area contributed by atoms with Crippen molar-refractivity contribution in [2.24, 2.45) is 0 Å². The predicted molar refractivity (Wildman–Crippen MR) is 151 cm³/mol. The standard InChI is InChI=1S/C28H36N4O5S/c1-5-30(6-2)26(33)19-38-28-29-23-9-8-21(31-13-15-37-16-14-31)18-22(23)27(34)32(28)12-11-20-7-10-24(35-3)25(17-20)36-4/h7-10,17-18H,5-6,11-16,19H2,1-4H3. The number of morpholine rings is 1. The van der Waals surface area contributed by atoms with E-state index in [2.05, 4.69) is 4.90 Å². The van der Waals surface area contributed by atoms with E-state index in [9.17, 15) is 9.59 Å². The second kappa shape index (κ2) is 13.0. The summed E-state index contributed by atoms with van der Waals surface area (Å²) in [6, 6.07) is 11.6. The first-order valence-corrected chi connectivity index (χ1v) is 14.0.